The smallest absolute Gasteiger partial charge is 0.160 e. The van der Waals surface area contributed by atoms with Crippen LogP contribution in [0.2, 0.25) is 5.15 Å². The zero-order valence-electron chi connectivity index (χ0n) is 10.2. The van der Waals surface area contributed by atoms with Gasteiger partial charge in [-0.25, -0.2) is 9.97 Å². The summed E-state index contributed by atoms with van der Waals surface area (Å²) >= 11 is 10.6. The summed E-state index contributed by atoms with van der Waals surface area (Å²) in [5, 5.41) is 3.59. The maximum Gasteiger partial charge on any atom is 0.160 e. The lowest BCUT2D eigenvalue weighted by Crippen LogP contribution is -2.31. The summed E-state index contributed by atoms with van der Waals surface area (Å²) in [5.41, 5.74) is 1.48. The number of aryl methyl sites for hydroxylation is 1. The van der Waals surface area contributed by atoms with Gasteiger partial charge in [-0.3, -0.25) is 4.98 Å². The van der Waals surface area contributed by atoms with Crippen molar-refractivity contribution < 1.29 is 0 Å². The SMILES string of the molecule is Cc1nc(Cl)c2c(n1)N(Cc1ccccn1)C(S)N2. The molecule has 1 unspecified atom stereocenters. The molecule has 7 heteroatoms. The molecule has 1 aliphatic heterocycles. The first-order chi connectivity index (χ1) is 9.15. The van der Waals surface area contributed by atoms with E-state index in [-0.39, 0.29) is 5.50 Å². The van der Waals surface area contributed by atoms with Crippen LogP contribution in [0.15, 0.2) is 24.4 Å². The Morgan fingerprint density at radius 3 is 3.00 bits per heavy atom. The summed E-state index contributed by atoms with van der Waals surface area (Å²) in [7, 11) is 0. The Kier molecular flexibility index (Phi) is 3.20. The summed E-state index contributed by atoms with van der Waals surface area (Å²) in [6.07, 6.45) is 1.77. The Morgan fingerprint density at radius 2 is 2.26 bits per heavy atom. The molecule has 3 heterocycles. The summed E-state index contributed by atoms with van der Waals surface area (Å²) in [6.45, 7) is 2.43. The zero-order valence-corrected chi connectivity index (χ0v) is 11.9. The molecule has 98 valence electrons. The number of aromatic nitrogens is 3. The second-order valence-electron chi connectivity index (χ2n) is 4.23. The van der Waals surface area contributed by atoms with Crippen molar-refractivity contribution in [3.05, 3.63) is 41.1 Å². The fourth-order valence-corrected chi connectivity index (χ4v) is 2.59. The molecule has 0 aromatic carbocycles. The van der Waals surface area contributed by atoms with Gasteiger partial charge in [0.25, 0.3) is 0 Å². The Morgan fingerprint density at radius 1 is 1.42 bits per heavy atom. The minimum atomic E-state index is -0.189. The van der Waals surface area contributed by atoms with E-state index < -0.39 is 0 Å². The Hall–Kier alpha value is -1.53. The van der Waals surface area contributed by atoms with E-state index in [4.69, 9.17) is 11.6 Å². The summed E-state index contributed by atoms with van der Waals surface area (Å²) in [5.74, 6) is 1.40. The molecule has 0 saturated carbocycles. The molecule has 1 atom stereocenters. The predicted octanol–water partition coefficient (Wildman–Crippen LogP) is 2.48. The molecular weight excluding hydrogens is 282 g/mol. The van der Waals surface area contributed by atoms with Crippen LogP contribution in [0.3, 0.4) is 0 Å². The topological polar surface area (TPSA) is 53.9 Å². The van der Waals surface area contributed by atoms with E-state index in [9.17, 15) is 0 Å². The highest BCUT2D eigenvalue weighted by Gasteiger charge is 2.30. The van der Waals surface area contributed by atoms with E-state index in [0.717, 1.165) is 17.2 Å². The minimum Gasteiger partial charge on any atom is -0.351 e. The first kappa shape index (κ1) is 12.5. The number of fused-ring (bicyclic) bond motifs is 1. The highest BCUT2D eigenvalue weighted by Crippen LogP contribution is 2.38. The van der Waals surface area contributed by atoms with E-state index in [1.54, 1.807) is 6.20 Å². The summed E-state index contributed by atoms with van der Waals surface area (Å²) in [4.78, 5) is 14.9. The first-order valence-corrected chi connectivity index (χ1v) is 6.70. The number of thiol groups is 1. The van der Waals surface area contributed by atoms with Crippen LogP contribution in [0.1, 0.15) is 11.5 Å². The number of nitrogens with one attached hydrogen (secondary N) is 1. The van der Waals surface area contributed by atoms with E-state index >= 15 is 0 Å². The van der Waals surface area contributed by atoms with Crippen LogP contribution in [0.25, 0.3) is 0 Å². The third kappa shape index (κ3) is 2.33. The normalized spacial score (nSPS) is 17.2. The van der Waals surface area contributed by atoms with Crippen molar-refractivity contribution in [3.8, 4) is 0 Å². The van der Waals surface area contributed by atoms with Gasteiger partial charge >= 0.3 is 0 Å². The minimum absolute atomic E-state index is 0.189. The Labute approximate surface area is 121 Å². The Balaban J connectivity index is 1.96. The average molecular weight is 294 g/mol. The van der Waals surface area contributed by atoms with Crippen LogP contribution >= 0.6 is 24.2 Å². The number of hydrogen-bond acceptors (Lipinski definition) is 6. The van der Waals surface area contributed by atoms with Crippen molar-refractivity contribution in [2.24, 2.45) is 0 Å². The van der Waals surface area contributed by atoms with Gasteiger partial charge in [0.15, 0.2) is 11.0 Å². The van der Waals surface area contributed by atoms with Gasteiger partial charge in [-0.15, -0.1) is 12.6 Å². The van der Waals surface area contributed by atoms with Gasteiger partial charge in [0.1, 0.15) is 17.0 Å². The van der Waals surface area contributed by atoms with Crippen molar-refractivity contribution in [1.29, 1.82) is 0 Å². The van der Waals surface area contributed by atoms with Crippen LogP contribution in [0, 0.1) is 6.92 Å². The Bertz CT molecular complexity index is 607. The molecule has 0 fully saturated rings. The van der Waals surface area contributed by atoms with Gasteiger partial charge in [0, 0.05) is 6.20 Å². The molecule has 2 aromatic rings. The molecule has 0 radical (unpaired) electrons. The van der Waals surface area contributed by atoms with Gasteiger partial charge < -0.3 is 10.2 Å². The van der Waals surface area contributed by atoms with Gasteiger partial charge in [-0.1, -0.05) is 17.7 Å². The molecule has 0 spiro atoms. The summed E-state index contributed by atoms with van der Waals surface area (Å²) < 4.78 is 0. The highest BCUT2D eigenvalue weighted by atomic mass is 35.5. The molecule has 19 heavy (non-hydrogen) atoms. The second-order valence-corrected chi connectivity index (χ2v) is 5.07. The van der Waals surface area contributed by atoms with Crippen molar-refractivity contribution >= 4 is 35.7 Å². The third-order valence-corrected chi connectivity index (χ3v) is 3.54. The molecule has 2 aromatic heterocycles. The van der Waals surface area contributed by atoms with Crippen molar-refractivity contribution in [1.82, 2.24) is 15.0 Å². The number of anilines is 2. The van der Waals surface area contributed by atoms with Crippen molar-refractivity contribution in [2.45, 2.75) is 19.0 Å². The molecule has 1 N–H and O–H groups in total. The molecular formula is C12H12ClN5S. The van der Waals surface area contributed by atoms with E-state index in [1.807, 2.05) is 30.0 Å². The standard InChI is InChI=1S/C12H12ClN5S/c1-7-15-10(13)9-11(16-7)18(12(19)17-9)6-8-4-2-3-5-14-8/h2-5,12,17,19H,6H2,1H3. The number of nitrogens with zero attached hydrogens (tertiary/aromatic N) is 4. The first-order valence-electron chi connectivity index (χ1n) is 5.80. The van der Waals surface area contributed by atoms with Crippen LogP contribution in [-0.4, -0.2) is 20.4 Å². The highest BCUT2D eigenvalue weighted by molar-refractivity contribution is 7.81. The monoisotopic (exact) mass is 293 g/mol. The number of rotatable bonds is 2. The maximum absolute atomic E-state index is 6.12. The molecule has 1 aliphatic rings. The van der Waals surface area contributed by atoms with Crippen molar-refractivity contribution in [3.63, 3.8) is 0 Å². The fourth-order valence-electron chi connectivity index (χ4n) is 2.01. The molecule has 3 rings (SSSR count). The third-order valence-electron chi connectivity index (χ3n) is 2.86. The van der Waals surface area contributed by atoms with Crippen LogP contribution in [0.5, 0.6) is 0 Å². The fraction of sp³-hybridized carbons (Fsp3) is 0.250. The second kappa shape index (κ2) is 4.86. The van der Waals surface area contributed by atoms with E-state index in [0.29, 0.717) is 17.5 Å². The molecule has 0 bridgehead atoms. The molecule has 0 amide bonds. The number of hydrogen-bond donors (Lipinski definition) is 2. The van der Waals surface area contributed by atoms with Gasteiger partial charge in [0.05, 0.1) is 12.2 Å². The molecule has 0 aliphatic carbocycles. The van der Waals surface area contributed by atoms with E-state index in [1.165, 1.54) is 0 Å². The summed E-state index contributed by atoms with van der Waals surface area (Å²) in [6, 6.07) is 5.81. The lowest BCUT2D eigenvalue weighted by atomic mass is 10.3. The van der Waals surface area contributed by atoms with Gasteiger partial charge in [-0.05, 0) is 19.1 Å². The lowest BCUT2D eigenvalue weighted by molar-refractivity contribution is 0.799. The quantitative estimate of drug-likeness (QED) is 0.658. The molecule has 5 nitrogen and oxygen atoms in total. The number of halogens is 1. The predicted molar refractivity (Wildman–Crippen MR) is 78.6 cm³/mol. The van der Waals surface area contributed by atoms with E-state index in [2.05, 4.69) is 32.9 Å². The lowest BCUT2D eigenvalue weighted by Gasteiger charge is -2.21. The maximum atomic E-state index is 6.12. The van der Waals surface area contributed by atoms with Crippen LogP contribution < -0.4 is 10.2 Å². The average Bonchev–Trinajstić information content (AvgIpc) is 2.69. The van der Waals surface area contributed by atoms with Gasteiger partial charge in [0.2, 0.25) is 0 Å². The molecule has 0 saturated heterocycles. The van der Waals surface area contributed by atoms with Crippen LogP contribution in [0.4, 0.5) is 11.5 Å². The van der Waals surface area contributed by atoms with Crippen molar-refractivity contribution in [2.75, 3.05) is 10.2 Å². The van der Waals surface area contributed by atoms with Crippen LogP contribution in [-0.2, 0) is 6.54 Å². The van der Waals surface area contributed by atoms with Gasteiger partial charge in [-0.2, -0.15) is 0 Å². The number of pyridine rings is 1. The zero-order chi connectivity index (χ0) is 13.4. The largest absolute Gasteiger partial charge is 0.351 e.